The standard InChI is InChI=1S/C20H25N3O2/c1-13-16-4-2-3-5-17(16)22-19(24)18(13)20(25)23-10-8-15(9-11-23)21-12-14-6-7-14/h2-5,14-15,21H,6-12H2,1H3,(H,22,24). The average Bonchev–Trinajstić information content (AvgIpc) is 3.45. The molecule has 0 bridgehead atoms. The highest BCUT2D eigenvalue weighted by atomic mass is 16.2. The second kappa shape index (κ2) is 6.64. The van der Waals surface area contributed by atoms with Crippen molar-refractivity contribution >= 4 is 16.8 Å². The Morgan fingerprint density at radius 2 is 1.92 bits per heavy atom. The van der Waals surface area contributed by atoms with Crippen LogP contribution < -0.4 is 10.9 Å². The summed E-state index contributed by atoms with van der Waals surface area (Å²) < 4.78 is 0. The molecule has 2 aromatic rings. The highest BCUT2D eigenvalue weighted by molar-refractivity contribution is 5.99. The zero-order valence-electron chi connectivity index (χ0n) is 14.7. The van der Waals surface area contributed by atoms with Crippen molar-refractivity contribution in [3.63, 3.8) is 0 Å². The van der Waals surface area contributed by atoms with Crippen LogP contribution in [-0.4, -0.2) is 41.5 Å². The van der Waals surface area contributed by atoms with Crippen LogP contribution in [0, 0.1) is 12.8 Å². The van der Waals surface area contributed by atoms with Crippen molar-refractivity contribution in [3.05, 3.63) is 45.7 Å². The lowest BCUT2D eigenvalue weighted by Gasteiger charge is -2.32. The zero-order valence-corrected chi connectivity index (χ0v) is 14.7. The lowest BCUT2D eigenvalue weighted by Crippen LogP contribution is -2.46. The first-order chi connectivity index (χ1) is 12.1. The number of piperidine rings is 1. The Bertz CT molecular complexity index is 846. The molecule has 0 radical (unpaired) electrons. The number of fused-ring (bicyclic) bond motifs is 1. The van der Waals surface area contributed by atoms with Crippen LogP contribution in [0.3, 0.4) is 0 Å². The molecule has 1 amide bonds. The van der Waals surface area contributed by atoms with E-state index in [0.29, 0.717) is 24.7 Å². The quantitative estimate of drug-likeness (QED) is 0.899. The molecule has 2 fully saturated rings. The van der Waals surface area contributed by atoms with Gasteiger partial charge < -0.3 is 15.2 Å². The number of carbonyl (C=O) groups excluding carboxylic acids is 1. The number of aromatic amines is 1. The van der Waals surface area contributed by atoms with Crippen molar-refractivity contribution in [2.75, 3.05) is 19.6 Å². The number of carbonyl (C=O) groups is 1. The predicted molar refractivity (Wildman–Crippen MR) is 99.0 cm³/mol. The Kier molecular flexibility index (Phi) is 4.34. The molecule has 2 aliphatic rings. The van der Waals surface area contributed by atoms with Crippen LogP contribution in [0.1, 0.15) is 41.6 Å². The van der Waals surface area contributed by atoms with Crippen LogP contribution in [0.15, 0.2) is 29.1 Å². The number of benzene rings is 1. The second-order valence-corrected chi connectivity index (χ2v) is 7.42. The summed E-state index contributed by atoms with van der Waals surface area (Å²) in [7, 11) is 0. The molecule has 1 aromatic heterocycles. The van der Waals surface area contributed by atoms with Crippen LogP contribution in [0.25, 0.3) is 10.9 Å². The number of rotatable bonds is 4. The molecule has 1 saturated heterocycles. The highest BCUT2D eigenvalue weighted by Crippen LogP contribution is 2.28. The summed E-state index contributed by atoms with van der Waals surface area (Å²) in [5.74, 6) is 0.739. The van der Waals surface area contributed by atoms with Gasteiger partial charge in [-0.15, -0.1) is 0 Å². The maximum atomic E-state index is 13.0. The third-order valence-electron chi connectivity index (χ3n) is 5.57. The second-order valence-electron chi connectivity index (χ2n) is 7.42. The first-order valence-corrected chi connectivity index (χ1v) is 9.28. The van der Waals surface area contributed by atoms with Crippen LogP contribution in [0.2, 0.25) is 0 Å². The minimum absolute atomic E-state index is 0.134. The van der Waals surface area contributed by atoms with Crippen LogP contribution in [0.5, 0.6) is 0 Å². The monoisotopic (exact) mass is 339 g/mol. The molecular weight excluding hydrogens is 314 g/mol. The van der Waals surface area contributed by atoms with E-state index < -0.39 is 0 Å². The molecule has 0 atom stereocenters. The lowest BCUT2D eigenvalue weighted by atomic mass is 10.0. The van der Waals surface area contributed by atoms with Gasteiger partial charge in [0, 0.05) is 30.0 Å². The third-order valence-corrected chi connectivity index (χ3v) is 5.57. The van der Waals surface area contributed by atoms with Crippen molar-refractivity contribution < 1.29 is 4.79 Å². The average molecular weight is 339 g/mol. The van der Waals surface area contributed by atoms with Crippen LogP contribution in [0.4, 0.5) is 0 Å². The number of nitrogens with one attached hydrogen (secondary N) is 2. The van der Waals surface area contributed by atoms with Crippen molar-refractivity contribution in [2.24, 2.45) is 5.92 Å². The van der Waals surface area contributed by atoms with E-state index in [1.54, 1.807) is 0 Å². The first-order valence-electron chi connectivity index (χ1n) is 9.28. The molecule has 132 valence electrons. The largest absolute Gasteiger partial charge is 0.338 e. The smallest absolute Gasteiger partial charge is 0.261 e. The van der Waals surface area contributed by atoms with E-state index in [-0.39, 0.29) is 11.5 Å². The number of hydrogen-bond acceptors (Lipinski definition) is 3. The molecule has 5 nitrogen and oxygen atoms in total. The topological polar surface area (TPSA) is 65.2 Å². The Hall–Kier alpha value is -2.14. The van der Waals surface area contributed by atoms with Gasteiger partial charge in [-0.1, -0.05) is 18.2 Å². The maximum Gasteiger partial charge on any atom is 0.261 e. The highest BCUT2D eigenvalue weighted by Gasteiger charge is 2.28. The summed E-state index contributed by atoms with van der Waals surface area (Å²) in [6, 6.07) is 8.14. The minimum atomic E-state index is -0.282. The van der Waals surface area contributed by atoms with Gasteiger partial charge in [0.1, 0.15) is 5.56 Å². The number of para-hydroxylation sites is 1. The maximum absolute atomic E-state index is 13.0. The lowest BCUT2D eigenvalue weighted by molar-refractivity contribution is 0.0702. The number of pyridine rings is 1. The van der Waals surface area contributed by atoms with Gasteiger partial charge in [0.2, 0.25) is 0 Å². The van der Waals surface area contributed by atoms with E-state index in [2.05, 4.69) is 10.3 Å². The number of hydrogen-bond donors (Lipinski definition) is 2. The van der Waals surface area contributed by atoms with Gasteiger partial charge in [-0.05, 0) is 56.7 Å². The molecule has 5 heteroatoms. The fourth-order valence-corrected chi connectivity index (χ4v) is 3.77. The van der Waals surface area contributed by atoms with E-state index in [4.69, 9.17) is 0 Å². The van der Waals surface area contributed by atoms with E-state index >= 15 is 0 Å². The van der Waals surface area contributed by atoms with Crippen LogP contribution >= 0.6 is 0 Å². The summed E-state index contributed by atoms with van der Waals surface area (Å²) in [4.78, 5) is 30.1. The molecule has 0 spiro atoms. The molecule has 25 heavy (non-hydrogen) atoms. The van der Waals surface area contributed by atoms with Crippen molar-refractivity contribution in [3.8, 4) is 0 Å². The van der Waals surface area contributed by atoms with E-state index in [1.165, 1.54) is 12.8 Å². The van der Waals surface area contributed by atoms with Gasteiger partial charge in [0.15, 0.2) is 0 Å². The summed E-state index contributed by atoms with van der Waals surface area (Å²) in [6.07, 6.45) is 4.63. The molecular formula is C20H25N3O2. The Morgan fingerprint density at radius 1 is 1.20 bits per heavy atom. The van der Waals surface area contributed by atoms with Crippen LogP contribution in [-0.2, 0) is 0 Å². The van der Waals surface area contributed by atoms with Crippen molar-refractivity contribution in [1.82, 2.24) is 15.2 Å². The third kappa shape index (κ3) is 3.33. The summed E-state index contributed by atoms with van der Waals surface area (Å²) in [6.45, 7) is 4.41. The van der Waals surface area contributed by atoms with Crippen molar-refractivity contribution in [1.29, 1.82) is 0 Å². The number of aromatic nitrogens is 1. The molecule has 0 unspecified atom stereocenters. The molecule has 1 aromatic carbocycles. The Balaban J connectivity index is 1.49. The van der Waals surface area contributed by atoms with Gasteiger partial charge in [-0.25, -0.2) is 0 Å². The fourth-order valence-electron chi connectivity index (χ4n) is 3.77. The Morgan fingerprint density at radius 3 is 2.64 bits per heavy atom. The van der Waals surface area contributed by atoms with Crippen molar-refractivity contribution in [2.45, 2.75) is 38.6 Å². The normalized spacial score (nSPS) is 18.7. The molecule has 2 N–H and O–H groups in total. The SMILES string of the molecule is Cc1c(C(=O)N2CCC(NCC3CC3)CC2)c(=O)[nH]c2ccccc12. The zero-order chi connectivity index (χ0) is 17.4. The molecule has 4 rings (SSSR count). The van der Waals surface area contributed by atoms with E-state index in [0.717, 1.165) is 41.8 Å². The Labute approximate surface area is 147 Å². The molecule has 1 aliphatic heterocycles. The number of amides is 1. The summed E-state index contributed by atoms with van der Waals surface area (Å²) in [5, 5.41) is 4.56. The van der Waals surface area contributed by atoms with Gasteiger partial charge in [0.25, 0.3) is 11.5 Å². The van der Waals surface area contributed by atoms with E-state index in [9.17, 15) is 9.59 Å². The number of likely N-dealkylation sites (tertiary alicyclic amines) is 1. The molecule has 1 aliphatic carbocycles. The van der Waals surface area contributed by atoms with E-state index in [1.807, 2.05) is 36.1 Å². The molecule has 2 heterocycles. The van der Waals surface area contributed by atoms with Gasteiger partial charge in [-0.2, -0.15) is 0 Å². The van der Waals surface area contributed by atoms with Gasteiger partial charge >= 0.3 is 0 Å². The van der Waals surface area contributed by atoms with Gasteiger partial charge in [-0.3, -0.25) is 9.59 Å². The first kappa shape index (κ1) is 16.3. The minimum Gasteiger partial charge on any atom is -0.338 e. The predicted octanol–water partition coefficient (Wildman–Crippen LogP) is 2.44. The van der Waals surface area contributed by atoms with Gasteiger partial charge in [0.05, 0.1) is 0 Å². The number of H-pyrrole nitrogens is 1. The summed E-state index contributed by atoms with van der Waals surface area (Å²) >= 11 is 0. The molecule has 1 saturated carbocycles. The number of aryl methyl sites for hydroxylation is 1. The number of nitrogens with zero attached hydrogens (tertiary/aromatic N) is 1. The fraction of sp³-hybridized carbons (Fsp3) is 0.500. The summed E-state index contributed by atoms with van der Waals surface area (Å²) in [5.41, 5.74) is 1.57.